The van der Waals surface area contributed by atoms with Gasteiger partial charge in [-0.2, -0.15) is 8.42 Å². The Morgan fingerprint density at radius 3 is 1.75 bits per heavy atom. The highest BCUT2D eigenvalue weighted by molar-refractivity contribution is 7.86. The van der Waals surface area contributed by atoms with Crippen LogP contribution in [0.1, 0.15) is 112 Å². The Kier molecular flexibility index (Phi) is 16.5. The van der Waals surface area contributed by atoms with Gasteiger partial charge in [0.2, 0.25) is 0 Å². The Balaban J connectivity index is 2.72. The van der Waals surface area contributed by atoms with Gasteiger partial charge in [-0.05, 0) is 37.8 Å². The van der Waals surface area contributed by atoms with E-state index in [1.165, 1.54) is 50.7 Å². The molecule has 0 aliphatic rings. The number of ether oxygens (including phenoxy) is 2. The highest BCUT2D eigenvalue weighted by Gasteiger charge is 2.28. The van der Waals surface area contributed by atoms with Gasteiger partial charge in [0, 0.05) is 0 Å². The van der Waals surface area contributed by atoms with Gasteiger partial charge in [0.15, 0.2) is 0 Å². The zero-order chi connectivity index (χ0) is 26.7. The number of rotatable bonds is 19. The first-order valence-corrected chi connectivity index (χ1v) is 14.5. The molecule has 0 atom stereocenters. The molecule has 7 nitrogen and oxygen atoms in total. The van der Waals surface area contributed by atoms with Crippen LogP contribution in [0.4, 0.5) is 0 Å². The fourth-order valence-corrected chi connectivity index (χ4v) is 4.33. The summed E-state index contributed by atoms with van der Waals surface area (Å²) in [5.74, 6) is -1.90. The first-order chi connectivity index (χ1) is 17.3. The van der Waals surface area contributed by atoms with E-state index in [2.05, 4.69) is 13.8 Å². The van der Waals surface area contributed by atoms with Crippen molar-refractivity contribution in [3.05, 3.63) is 53.6 Å². The lowest BCUT2D eigenvalue weighted by Gasteiger charge is -2.11. The molecule has 0 fully saturated rings. The standard InChI is InChI=1S/C28H42O7S/c1-3-5-7-9-11-13-15-17-22-34-27(29)24-20-19-21-25(36(31,32)33)26(24)28(30)35-23-18-16-14-12-10-8-6-4-2/h15-21H,3-14,22-23H2,1-2H3,(H,31,32,33)/b17-15+,18-16+. The molecule has 36 heavy (non-hydrogen) atoms. The maximum Gasteiger partial charge on any atom is 0.340 e. The van der Waals surface area contributed by atoms with Crippen molar-refractivity contribution >= 4 is 22.1 Å². The molecule has 0 saturated carbocycles. The second-order valence-corrected chi connectivity index (χ2v) is 10.1. The van der Waals surface area contributed by atoms with E-state index >= 15 is 0 Å². The Labute approximate surface area is 216 Å². The summed E-state index contributed by atoms with van der Waals surface area (Å²) in [6.07, 6.45) is 20.6. The predicted octanol–water partition coefficient (Wildman–Crippen LogP) is 7.08. The quantitative estimate of drug-likeness (QED) is 0.0895. The summed E-state index contributed by atoms with van der Waals surface area (Å²) in [5, 5.41) is 0. The molecule has 0 bridgehead atoms. The third-order valence-electron chi connectivity index (χ3n) is 5.63. The van der Waals surface area contributed by atoms with Crippen molar-refractivity contribution < 1.29 is 32.0 Å². The van der Waals surface area contributed by atoms with Crippen LogP contribution in [-0.4, -0.2) is 38.1 Å². The third kappa shape index (κ3) is 13.0. The summed E-state index contributed by atoms with van der Waals surface area (Å²) < 4.78 is 43.7. The molecule has 1 rings (SSSR count). The van der Waals surface area contributed by atoms with Crippen molar-refractivity contribution in [3.63, 3.8) is 0 Å². The van der Waals surface area contributed by atoms with Crippen LogP contribution < -0.4 is 0 Å². The summed E-state index contributed by atoms with van der Waals surface area (Å²) in [6, 6.07) is 3.59. The maximum absolute atomic E-state index is 12.7. The van der Waals surface area contributed by atoms with Crippen molar-refractivity contribution in [2.75, 3.05) is 13.2 Å². The van der Waals surface area contributed by atoms with Crippen LogP contribution >= 0.6 is 0 Å². The number of allylic oxidation sites excluding steroid dienone is 2. The van der Waals surface area contributed by atoms with Crippen molar-refractivity contribution in [3.8, 4) is 0 Å². The Hall–Kier alpha value is -2.45. The van der Waals surface area contributed by atoms with Crippen molar-refractivity contribution in [1.82, 2.24) is 0 Å². The van der Waals surface area contributed by atoms with Gasteiger partial charge in [0.05, 0.1) is 11.1 Å². The fraction of sp³-hybridized carbons (Fsp3) is 0.571. The normalized spacial score (nSPS) is 11.9. The van der Waals surface area contributed by atoms with Gasteiger partial charge in [0.1, 0.15) is 18.1 Å². The number of esters is 2. The van der Waals surface area contributed by atoms with Crippen molar-refractivity contribution in [2.45, 2.75) is 95.8 Å². The Morgan fingerprint density at radius 1 is 0.750 bits per heavy atom. The highest BCUT2D eigenvalue weighted by Crippen LogP contribution is 2.22. The highest BCUT2D eigenvalue weighted by atomic mass is 32.2. The molecule has 0 unspecified atom stereocenters. The van der Waals surface area contributed by atoms with Gasteiger partial charge >= 0.3 is 11.9 Å². The minimum absolute atomic E-state index is 0.0145. The lowest BCUT2D eigenvalue weighted by atomic mass is 10.1. The summed E-state index contributed by atoms with van der Waals surface area (Å²) in [5.41, 5.74) is -0.805. The average molecular weight is 523 g/mol. The molecule has 0 heterocycles. The maximum atomic E-state index is 12.7. The lowest BCUT2D eigenvalue weighted by molar-refractivity contribution is 0.0499. The number of hydrogen-bond acceptors (Lipinski definition) is 6. The molecule has 0 amide bonds. The van der Waals surface area contributed by atoms with E-state index in [-0.39, 0.29) is 18.8 Å². The fourth-order valence-electron chi connectivity index (χ4n) is 3.63. The minimum atomic E-state index is -4.77. The average Bonchev–Trinajstić information content (AvgIpc) is 2.85. The van der Waals surface area contributed by atoms with E-state index in [0.29, 0.717) is 0 Å². The first-order valence-electron chi connectivity index (χ1n) is 13.1. The monoisotopic (exact) mass is 522 g/mol. The number of carbonyl (C=O) groups is 2. The Morgan fingerprint density at radius 2 is 1.25 bits per heavy atom. The van der Waals surface area contributed by atoms with Crippen LogP contribution in [-0.2, 0) is 19.6 Å². The number of benzene rings is 1. The number of hydrogen-bond donors (Lipinski definition) is 1. The molecule has 0 radical (unpaired) electrons. The SMILES string of the molecule is CCCCCCC/C=C/COC(=O)c1cccc(S(=O)(=O)O)c1C(=O)OC/C=C/CCCCCCC. The largest absolute Gasteiger partial charge is 0.458 e. The number of carbonyl (C=O) groups excluding carboxylic acids is 2. The molecule has 202 valence electrons. The van der Waals surface area contributed by atoms with Gasteiger partial charge in [-0.25, -0.2) is 9.59 Å². The van der Waals surface area contributed by atoms with Crippen molar-refractivity contribution in [1.29, 1.82) is 0 Å². The van der Waals surface area contributed by atoms with Crippen LogP contribution in [0.25, 0.3) is 0 Å². The van der Waals surface area contributed by atoms with Gasteiger partial charge in [-0.1, -0.05) is 95.6 Å². The summed E-state index contributed by atoms with van der Waals surface area (Å²) in [4.78, 5) is 24.6. The molecular weight excluding hydrogens is 480 g/mol. The molecular formula is C28H42O7S. The van der Waals surface area contributed by atoms with Crippen LogP contribution in [0.3, 0.4) is 0 Å². The van der Waals surface area contributed by atoms with Crippen LogP contribution in [0, 0.1) is 0 Å². The van der Waals surface area contributed by atoms with Gasteiger partial charge in [-0.15, -0.1) is 0 Å². The summed E-state index contributed by atoms with van der Waals surface area (Å²) in [6.45, 7) is 4.23. The van der Waals surface area contributed by atoms with Gasteiger partial charge in [-0.3, -0.25) is 4.55 Å². The van der Waals surface area contributed by atoms with Crippen LogP contribution in [0.5, 0.6) is 0 Å². The van der Waals surface area contributed by atoms with E-state index < -0.39 is 32.5 Å². The van der Waals surface area contributed by atoms with E-state index in [4.69, 9.17) is 9.47 Å². The Bertz CT molecular complexity index is 949. The molecule has 0 aromatic heterocycles. The molecule has 1 aromatic rings. The molecule has 1 aromatic carbocycles. The molecule has 0 aliphatic heterocycles. The van der Waals surface area contributed by atoms with Gasteiger partial charge in [0.25, 0.3) is 10.1 Å². The van der Waals surface area contributed by atoms with Crippen LogP contribution in [0.2, 0.25) is 0 Å². The van der Waals surface area contributed by atoms with E-state index in [0.717, 1.165) is 44.6 Å². The van der Waals surface area contributed by atoms with Crippen LogP contribution in [0.15, 0.2) is 47.4 Å². The zero-order valence-corrected chi connectivity index (χ0v) is 22.6. The van der Waals surface area contributed by atoms with E-state index in [1.54, 1.807) is 12.2 Å². The molecule has 1 N–H and O–H groups in total. The van der Waals surface area contributed by atoms with E-state index in [9.17, 15) is 22.6 Å². The third-order valence-corrected chi connectivity index (χ3v) is 6.53. The molecule has 0 saturated heterocycles. The molecule has 0 spiro atoms. The summed E-state index contributed by atoms with van der Waals surface area (Å²) >= 11 is 0. The van der Waals surface area contributed by atoms with Crippen molar-refractivity contribution in [2.24, 2.45) is 0 Å². The zero-order valence-electron chi connectivity index (χ0n) is 21.7. The first kappa shape index (κ1) is 31.6. The molecule has 8 heteroatoms. The minimum Gasteiger partial charge on any atom is -0.458 e. The second-order valence-electron chi connectivity index (χ2n) is 8.70. The lowest BCUT2D eigenvalue weighted by Crippen LogP contribution is -2.18. The molecule has 0 aliphatic carbocycles. The van der Waals surface area contributed by atoms with Gasteiger partial charge < -0.3 is 9.47 Å². The number of unbranched alkanes of at least 4 members (excludes halogenated alkanes) is 10. The topological polar surface area (TPSA) is 107 Å². The summed E-state index contributed by atoms with van der Waals surface area (Å²) in [7, 11) is -4.77. The predicted molar refractivity (Wildman–Crippen MR) is 142 cm³/mol. The smallest absolute Gasteiger partial charge is 0.340 e. The second kappa shape index (κ2) is 18.8. The van der Waals surface area contributed by atoms with E-state index in [1.807, 2.05) is 12.2 Å².